The minimum absolute atomic E-state index is 0. The summed E-state index contributed by atoms with van der Waals surface area (Å²) < 4.78 is 0. The van der Waals surface area contributed by atoms with E-state index < -0.39 is 5.60 Å². The first-order chi connectivity index (χ1) is 5.07. The molecule has 0 radical (unpaired) electrons. The maximum Gasteiger partial charge on any atom is 0.0796 e. The second-order valence-corrected chi connectivity index (χ2v) is 3.71. The third-order valence-electron chi connectivity index (χ3n) is 2.74. The van der Waals surface area contributed by atoms with Crippen LogP contribution in [0.1, 0.15) is 19.8 Å². The zero-order valence-electron chi connectivity index (χ0n) is 7.79. The van der Waals surface area contributed by atoms with E-state index in [1.807, 2.05) is 0 Å². The Balaban J connectivity index is 0.00000121. The Hall–Kier alpha value is 0.170. The molecule has 3 N–H and O–H groups in total. The molecule has 0 aromatic carbocycles. The summed E-state index contributed by atoms with van der Waals surface area (Å²) in [5.41, 5.74) is 4.89. The Kier molecular flexibility index (Phi) is 4.48. The average molecular weight is 195 g/mol. The Labute approximate surface area is 80.3 Å². The summed E-state index contributed by atoms with van der Waals surface area (Å²) >= 11 is 0. The van der Waals surface area contributed by atoms with E-state index in [9.17, 15) is 5.11 Å². The van der Waals surface area contributed by atoms with Crippen molar-refractivity contribution in [1.29, 1.82) is 0 Å². The zero-order valence-corrected chi connectivity index (χ0v) is 8.60. The molecule has 1 heterocycles. The quantitative estimate of drug-likeness (QED) is 0.628. The van der Waals surface area contributed by atoms with Crippen molar-refractivity contribution in [2.75, 3.05) is 20.1 Å². The molecular weight excluding hydrogens is 176 g/mol. The normalized spacial score (nSPS) is 37.5. The van der Waals surface area contributed by atoms with Gasteiger partial charge in [-0.25, -0.2) is 0 Å². The van der Waals surface area contributed by atoms with Crippen molar-refractivity contribution in [1.82, 2.24) is 4.90 Å². The second kappa shape index (κ2) is 4.42. The summed E-state index contributed by atoms with van der Waals surface area (Å²) in [4.78, 5) is 2.25. The number of piperidine rings is 1. The monoisotopic (exact) mass is 194 g/mol. The molecule has 1 saturated heterocycles. The van der Waals surface area contributed by atoms with Gasteiger partial charge < -0.3 is 15.7 Å². The van der Waals surface area contributed by atoms with Crippen molar-refractivity contribution in [2.45, 2.75) is 31.4 Å². The van der Waals surface area contributed by atoms with E-state index in [-0.39, 0.29) is 12.4 Å². The first-order valence-electron chi connectivity index (χ1n) is 4.20. The standard InChI is InChI=1S/C8H18N2O.ClH/c1-7-5-8(11,6-9)3-4-10(7)2;/h7,11H,3-6,9H2,1-2H3;1H. The lowest BCUT2D eigenvalue weighted by atomic mass is 9.87. The molecule has 12 heavy (non-hydrogen) atoms. The van der Waals surface area contributed by atoms with Gasteiger partial charge in [-0.15, -0.1) is 12.4 Å². The highest BCUT2D eigenvalue weighted by Gasteiger charge is 2.33. The fraction of sp³-hybridized carbons (Fsp3) is 1.00. The van der Waals surface area contributed by atoms with Crippen LogP contribution in [0.5, 0.6) is 0 Å². The number of nitrogens with two attached hydrogens (primary N) is 1. The smallest absolute Gasteiger partial charge is 0.0796 e. The minimum atomic E-state index is -0.591. The number of likely N-dealkylation sites (tertiary alicyclic amines) is 1. The minimum Gasteiger partial charge on any atom is -0.388 e. The predicted octanol–water partition coefficient (Wildman–Crippen LogP) is 0.212. The van der Waals surface area contributed by atoms with E-state index >= 15 is 0 Å². The maximum atomic E-state index is 9.82. The van der Waals surface area contributed by atoms with Crippen LogP contribution in [0, 0.1) is 0 Å². The van der Waals surface area contributed by atoms with Crippen molar-refractivity contribution in [3.8, 4) is 0 Å². The first-order valence-corrected chi connectivity index (χ1v) is 4.20. The molecule has 1 aliphatic heterocycles. The van der Waals surface area contributed by atoms with Gasteiger partial charge in [-0.2, -0.15) is 0 Å². The number of nitrogens with zero attached hydrogens (tertiary/aromatic N) is 1. The van der Waals surface area contributed by atoms with Gasteiger partial charge in [-0.05, 0) is 26.8 Å². The van der Waals surface area contributed by atoms with Crippen LogP contribution in [-0.4, -0.2) is 41.8 Å². The average Bonchev–Trinajstić information content (AvgIpc) is 1.98. The van der Waals surface area contributed by atoms with Crippen LogP contribution < -0.4 is 5.73 Å². The highest BCUT2D eigenvalue weighted by Crippen LogP contribution is 2.24. The summed E-state index contributed by atoms with van der Waals surface area (Å²) in [6, 6.07) is 0.456. The highest BCUT2D eigenvalue weighted by molar-refractivity contribution is 5.85. The van der Waals surface area contributed by atoms with Crippen LogP contribution in [0.3, 0.4) is 0 Å². The Morgan fingerprint density at radius 1 is 1.67 bits per heavy atom. The molecule has 74 valence electrons. The van der Waals surface area contributed by atoms with Gasteiger partial charge in [0.2, 0.25) is 0 Å². The molecule has 2 unspecified atom stereocenters. The van der Waals surface area contributed by atoms with Gasteiger partial charge in [0.1, 0.15) is 0 Å². The Bertz CT molecular complexity index is 145. The number of hydrogen-bond acceptors (Lipinski definition) is 3. The van der Waals surface area contributed by atoms with Gasteiger partial charge in [0.25, 0.3) is 0 Å². The topological polar surface area (TPSA) is 49.5 Å². The van der Waals surface area contributed by atoms with Gasteiger partial charge >= 0.3 is 0 Å². The van der Waals surface area contributed by atoms with Gasteiger partial charge in [-0.1, -0.05) is 0 Å². The molecule has 1 fully saturated rings. The van der Waals surface area contributed by atoms with Gasteiger partial charge in [0.15, 0.2) is 0 Å². The molecule has 0 aliphatic carbocycles. The first kappa shape index (κ1) is 12.2. The fourth-order valence-electron chi connectivity index (χ4n) is 1.60. The summed E-state index contributed by atoms with van der Waals surface area (Å²) in [6.45, 7) is 3.47. The SMILES string of the molecule is CC1CC(O)(CN)CCN1C.Cl. The Morgan fingerprint density at radius 3 is 2.67 bits per heavy atom. The van der Waals surface area contributed by atoms with Crippen LogP contribution >= 0.6 is 12.4 Å². The molecule has 0 aromatic rings. The maximum absolute atomic E-state index is 9.82. The van der Waals surface area contributed by atoms with Crippen LogP contribution in [0.25, 0.3) is 0 Å². The van der Waals surface area contributed by atoms with Crippen molar-refractivity contribution in [3.05, 3.63) is 0 Å². The largest absolute Gasteiger partial charge is 0.388 e. The van der Waals surface area contributed by atoms with E-state index in [4.69, 9.17) is 5.73 Å². The number of hydrogen-bond donors (Lipinski definition) is 2. The lowest BCUT2D eigenvalue weighted by Gasteiger charge is -2.40. The van der Waals surface area contributed by atoms with Crippen LogP contribution in [-0.2, 0) is 0 Å². The molecule has 0 aromatic heterocycles. The lowest BCUT2D eigenvalue weighted by Crippen LogP contribution is -2.51. The van der Waals surface area contributed by atoms with Crippen molar-refractivity contribution < 1.29 is 5.11 Å². The molecule has 3 nitrogen and oxygen atoms in total. The zero-order chi connectivity index (χ0) is 8.48. The van der Waals surface area contributed by atoms with Gasteiger partial charge in [0.05, 0.1) is 5.60 Å². The van der Waals surface area contributed by atoms with E-state index in [1.54, 1.807) is 0 Å². The molecule has 0 saturated carbocycles. The van der Waals surface area contributed by atoms with Crippen LogP contribution in [0.2, 0.25) is 0 Å². The Morgan fingerprint density at radius 2 is 2.25 bits per heavy atom. The molecule has 1 rings (SSSR count). The number of aliphatic hydroxyl groups is 1. The number of rotatable bonds is 1. The van der Waals surface area contributed by atoms with E-state index in [0.717, 1.165) is 19.4 Å². The van der Waals surface area contributed by atoms with Crippen molar-refractivity contribution >= 4 is 12.4 Å². The summed E-state index contributed by atoms with van der Waals surface area (Å²) in [7, 11) is 2.08. The fourth-order valence-corrected chi connectivity index (χ4v) is 1.60. The summed E-state index contributed by atoms with van der Waals surface area (Å²) in [5.74, 6) is 0. The van der Waals surface area contributed by atoms with E-state index in [2.05, 4.69) is 18.9 Å². The summed E-state index contributed by atoms with van der Waals surface area (Å²) in [6.07, 6.45) is 1.62. The van der Waals surface area contributed by atoms with Gasteiger partial charge in [-0.3, -0.25) is 0 Å². The molecule has 0 bridgehead atoms. The predicted molar refractivity (Wildman–Crippen MR) is 52.6 cm³/mol. The van der Waals surface area contributed by atoms with Crippen LogP contribution in [0.15, 0.2) is 0 Å². The molecule has 0 spiro atoms. The van der Waals surface area contributed by atoms with Crippen molar-refractivity contribution in [2.24, 2.45) is 5.73 Å². The second-order valence-electron chi connectivity index (χ2n) is 3.71. The number of halogens is 1. The van der Waals surface area contributed by atoms with Gasteiger partial charge in [0, 0.05) is 19.1 Å². The van der Waals surface area contributed by atoms with E-state index in [1.165, 1.54) is 0 Å². The third kappa shape index (κ3) is 2.59. The molecule has 2 atom stereocenters. The highest BCUT2D eigenvalue weighted by atomic mass is 35.5. The van der Waals surface area contributed by atoms with Crippen molar-refractivity contribution in [3.63, 3.8) is 0 Å². The summed E-state index contributed by atoms with van der Waals surface area (Å²) in [5, 5.41) is 9.82. The molecular formula is C8H19ClN2O. The molecule has 1 aliphatic rings. The van der Waals surface area contributed by atoms with Crippen LogP contribution in [0.4, 0.5) is 0 Å². The molecule has 4 heteroatoms. The van der Waals surface area contributed by atoms with E-state index in [0.29, 0.717) is 12.6 Å². The molecule has 0 amide bonds. The third-order valence-corrected chi connectivity index (χ3v) is 2.74. The lowest BCUT2D eigenvalue weighted by molar-refractivity contribution is -0.0284.